The van der Waals surface area contributed by atoms with Gasteiger partial charge in [0.1, 0.15) is 4.34 Å². The Labute approximate surface area is 128 Å². The van der Waals surface area contributed by atoms with E-state index < -0.39 is 0 Å². The Bertz CT molecular complexity index is 454. The van der Waals surface area contributed by atoms with E-state index >= 15 is 0 Å². The predicted octanol–water partition coefficient (Wildman–Crippen LogP) is 4.66. The van der Waals surface area contributed by atoms with Gasteiger partial charge in [0, 0.05) is 18.7 Å². The second-order valence-corrected chi connectivity index (χ2v) is 8.17. The third-order valence-corrected chi connectivity index (χ3v) is 5.90. The molecule has 1 unspecified atom stereocenters. The van der Waals surface area contributed by atoms with Crippen LogP contribution in [-0.4, -0.2) is 18.7 Å². The van der Waals surface area contributed by atoms with Gasteiger partial charge in [-0.25, -0.2) is 0 Å². The molecule has 1 N–H and O–H groups in total. The van der Waals surface area contributed by atoms with Gasteiger partial charge < -0.3 is 10.1 Å². The summed E-state index contributed by atoms with van der Waals surface area (Å²) in [6.07, 6.45) is 4.85. The predicted molar refractivity (Wildman–Crippen MR) is 81.4 cm³/mol. The summed E-state index contributed by atoms with van der Waals surface area (Å²) in [6.45, 7) is 4.12. The lowest BCUT2D eigenvalue weighted by Crippen LogP contribution is -2.52. The van der Waals surface area contributed by atoms with Gasteiger partial charge in [0.05, 0.1) is 16.0 Å². The number of nitrogens with one attached hydrogen (secondary N) is 1. The molecule has 0 amide bonds. The monoisotopic (exact) mass is 319 g/mol. The molecule has 1 aromatic heterocycles. The second kappa shape index (κ2) is 5.53. The Hall–Kier alpha value is 0.200. The highest BCUT2D eigenvalue weighted by Crippen LogP contribution is 2.43. The number of ether oxygens (including phenoxy) is 1. The van der Waals surface area contributed by atoms with Gasteiger partial charge in [-0.05, 0) is 37.7 Å². The van der Waals surface area contributed by atoms with E-state index in [1.165, 1.54) is 24.2 Å². The smallest absolute Gasteiger partial charge is 0.100 e. The first-order valence-electron chi connectivity index (χ1n) is 6.91. The molecule has 1 aromatic rings. The van der Waals surface area contributed by atoms with Crippen molar-refractivity contribution in [1.82, 2.24) is 5.32 Å². The lowest BCUT2D eigenvalue weighted by Gasteiger charge is -2.45. The SMILES string of the molecule is CC1CCC2(CC1)CNCC(c1cc(Cl)sc1Cl)O2. The number of morpholine rings is 1. The minimum absolute atomic E-state index is 0.00711. The molecule has 1 aliphatic heterocycles. The molecule has 1 aliphatic carbocycles. The van der Waals surface area contributed by atoms with Crippen molar-refractivity contribution in [3.05, 3.63) is 20.3 Å². The third kappa shape index (κ3) is 2.96. The lowest BCUT2D eigenvalue weighted by molar-refractivity contribution is -0.140. The molecule has 0 aromatic carbocycles. The van der Waals surface area contributed by atoms with E-state index in [2.05, 4.69) is 12.2 Å². The molecule has 5 heteroatoms. The number of halogens is 2. The van der Waals surface area contributed by atoms with Gasteiger partial charge in [-0.3, -0.25) is 0 Å². The first kappa shape index (κ1) is 14.2. The first-order valence-corrected chi connectivity index (χ1v) is 8.48. The van der Waals surface area contributed by atoms with Crippen LogP contribution in [0, 0.1) is 5.92 Å². The van der Waals surface area contributed by atoms with Crippen molar-refractivity contribution >= 4 is 34.5 Å². The molecule has 2 fully saturated rings. The fourth-order valence-corrected chi connectivity index (χ4v) is 4.70. The quantitative estimate of drug-likeness (QED) is 0.812. The Morgan fingerprint density at radius 3 is 2.74 bits per heavy atom. The Kier molecular flexibility index (Phi) is 4.12. The van der Waals surface area contributed by atoms with Crippen molar-refractivity contribution in [3.63, 3.8) is 0 Å². The molecule has 1 atom stereocenters. The highest BCUT2D eigenvalue weighted by molar-refractivity contribution is 7.20. The van der Waals surface area contributed by atoms with Crippen molar-refractivity contribution in [1.29, 1.82) is 0 Å². The van der Waals surface area contributed by atoms with Crippen molar-refractivity contribution in [3.8, 4) is 0 Å². The molecule has 0 radical (unpaired) electrons. The summed E-state index contributed by atoms with van der Waals surface area (Å²) in [7, 11) is 0. The highest BCUT2D eigenvalue weighted by atomic mass is 35.5. The van der Waals surface area contributed by atoms with Gasteiger partial charge in [-0.1, -0.05) is 30.1 Å². The van der Waals surface area contributed by atoms with Crippen LogP contribution in [0.4, 0.5) is 0 Å². The summed E-state index contributed by atoms with van der Waals surface area (Å²) in [5.74, 6) is 0.828. The summed E-state index contributed by atoms with van der Waals surface area (Å²) in [4.78, 5) is 0. The minimum Gasteiger partial charge on any atom is -0.364 e. The van der Waals surface area contributed by atoms with Gasteiger partial charge in [0.2, 0.25) is 0 Å². The average Bonchev–Trinajstić information content (AvgIpc) is 2.73. The highest BCUT2D eigenvalue weighted by Gasteiger charge is 2.40. The van der Waals surface area contributed by atoms with E-state index in [0.29, 0.717) is 0 Å². The fourth-order valence-electron chi connectivity index (χ4n) is 3.14. The van der Waals surface area contributed by atoms with Crippen molar-refractivity contribution in [2.45, 2.75) is 44.3 Å². The van der Waals surface area contributed by atoms with Gasteiger partial charge >= 0.3 is 0 Å². The van der Waals surface area contributed by atoms with Gasteiger partial charge in [-0.15, -0.1) is 11.3 Å². The van der Waals surface area contributed by atoms with E-state index in [-0.39, 0.29) is 11.7 Å². The van der Waals surface area contributed by atoms with Crippen LogP contribution in [0.2, 0.25) is 8.67 Å². The zero-order chi connectivity index (χ0) is 13.5. The van der Waals surface area contributed by atoms with Gasteiger partial charge in [-0.2, -0.15) is 0 Å². The molecule has 106 valence electrons. The molecule has 0 bridgehead atoms. The Morgan fingerprint density at radius 2 is 2.11 bits per heavy atom. The first-order chi connectivity index (χ1) is 9.08. The molecular weight excluding hydrogens is 301 g/mol. The van der Waals surface area contributed by atoms with E-state index in [9.17, 15) is 0 Å². The minimum atomic E-state index is 0.00711. The number of hydrogen-bond donors (Lipinski definition) is 1. The van der Waals surface area contributed by atoms with Crippen LogP contribution in [0.15, 0.2) is 6.07 Å². The maximum atomic E-state index is 6.44. The van der Waals surface area contributed by atoms with Crippen LogP contribution in [-0.2, 0) is 4.74 Å². The number of rotatable bonds is 1. The number of thiophene rings is 1. The van der Waals surface area contributed by atoms with Crippen molar-refractivity contribution in [2.24, 2.45) is 5.92 Å². The van der Waals surface area contributed by atoms with Crippen LogP contribution >= 0.6 is 34.5 Å². The molecule has 19 heavy (non-hydrogen) atoms. The summed E-state index contributed by atoms with van der Waals surface area (Å²) < 4.78 is 7.94. The zero-order valence-corrected chi connectivity index (χ0v) is 13.4. The van der Waals surface area contributed by atoms with Crippen molar-refractivity contribution < 1.29 is 4.74 Å². The van der Waals surface area contributed by atoms with Crippen LogP contribution in [0.25, 0.3) is 0 Å². The second-order valence-electron chi connectivity index (χ2n) is 5.88. The van der Waals surface area contributed by atoms with E-state index in [1.807, 2.05) is 6.07 Å². The standard InChI is InChI=1S/C14H19Cl2NOS/c1-9-2-4-14(5-3-9)8-17-7-11(18-14)10-6-12(15)19-13(10)16/h6,9,11,17H,2-5,7-8H2,1H3. The molecule has 2 nitrogen and oxygen atoms in total. The maximum absolute atomic E-state index is 6.44. The Balaban J connectivity index is 1.76. The van der Waals surface area contributed by atoms with Gasteiger partial charge in [0.25, 0.3) is 0 Å². The maximum Gasteiger partial charge on any atom is 0.100 e. The number of hydrogen-bond acceptors (Lipinski definition) is 3. The molecule has 1 saturated heterocycles. The lowest BCUT2D eigenvalue weighted by atomic mass is 9.78. The van der Waals surface area contributed by atoms with E-state index in [0.717, 1.165) is 46.1 Å². The molecular formula is C14H19Cl2NOS. The fraction of sp³-hybridized carbons (Fsp3) is 0.714. The summed E-state index contributed by atoms with van der Waals surface area (Å²) in [5.41, 5.74) is 1.05. The summed E-state index contributed by atoms with van der Waals surface area (Å²) >= 11 is 13.7. The largest absolute Gasteiger partial charge is 0.364 e. The topological polar surface area (TPSA) is 21.3 Å². The molecule has 2 aliphatic rings. The summed E-state index contributed by atoms with van der Waals surface area (Å²) in [5, 5.41) is 3.52. The Morgan fingerprint density at radius 1 is 1.37 bits per heavy atom. The van der Waals surface area contributed by atoms with E-state index in [4.69, 9.17) is 27.9 Å². The summed E-state index contributed by atoms with van der Waals surface area (Å²) in [6, 6.07) is 1.95. The van der Waals surface area contributed by atoms with Crippen LogP contribution < -0.4 is 5.32 Å². The van der Waals surface area contributed by atoms with Crippen LogP contribution in [0.3, 0.4) is 0 Å². The van der Waals surface area contributed by atoms with Crippen LogP contribution in [0.5, 0.6) is 0 Å². The zero-order valence-electron chi connectivity index (χ0n) is 11.0. The normalized spacial score (nSPS) is 35.7. The third-order valence-electron chi connectivity index (χ3n) is 4.38. The molecule has 2 heterocycles. The average molecular weight is 320 g/mol. The van der Waals surface area contributed by atoms with Gasteiger partial charge in [0.15, 0.2) is 0 Å². The molecule has 3 rings (SSSR count). The van der Waals surface area contributed by atoms with E-state index in [1.54, 1.807) is 0 Å². The molecule has 1 spiro atoms. The molecule has 1 saturated carbocycles. The van der Waals surface area contributed by atoms with Crippen molar-refractivity contribution in [2.75, 3.05) is 13.1 Å². The van der Waals surface area contributed by atoms with Crippen LogP contribution in [0.1, 0.15) is 44.3 Å².